The van der Waals surface area contributed by atoms with Crippen molar-refractivity contribution in [3.05, 3.63) is 71.5 Å². The van der Waals surface area contributed by atoms with E-state index >= 15 is 0 Å². The number of likely N-dealkylation sites (tertiary alicyclic amines) is 1. The van der Waals surface area contributed by atoms with E-state index in [-0.39, 0.29) is 11.7 Å². The van der Waals surface area contributed by atoms with Crippen LogP contribution in [0.5, 0.6) is 5.75 Å². The summed E-state index contributed by atoms with van der Waals surface area (Å²) in [6.45, 7) is 6.89. The van der Waals surface area contributed by atoms with Crippen molar-refractivity contribution < 1.29 is 14.3 Å². The highest BCUT2D eigenvalue weighted by Gasteiger charge is 2.50. The van der Waals surface area contributed by atoms with Crippen LogP contribution < -0.4 is 15.0 Å². The number of Topliss-reactive ketones (excluding diaryl/α,β-unsaturated/α-hetero) is 1. The third-order valence-electron chi connectivity index (χ3n) is 7.28. The second-order valence-corrected chi connectivity index (χ2v) is 9.36. The second-order valence-electron chi connectivity index (χ2n) is 9.36. The Morgan fingerprint density at radius 2 is 1.89 bits per heavy atom. The van der Waals surface area contributed by atoms with Crippen molar-refractivity contribution >= 4 is 23.0 Å². The molecule has 2 aliphatic rings. The molecule has 2 heterocycles. The fourth-order valence-corrected chi connectivity index (χ4v) is 5.25. The highest BCUT2D eigenvalue weighted by molar-refractivity contribution is 6.19. The average Bonchev–Trinajstić information content (AvgIpc) is 3.18. The molecule has 4 rings (SSSR count). The Kier molecular flexibility index (Phi) is 7.74. The summed E-state index contributed by atoms with van der Waals surface area (Å²) >= 11 is 0. The first kappa shape index (κ1) is 24.8. The Morgan fingerprint density at radius 1 is 1.14 bits per heavy atom. The van der Waals surface area contributed by atoms with E-state index in [1.807, 2.05) is 49.4 Å². The van der Waals surface area contributed by atoms with Crippen LogP contribution in [0.1, 0.15) is 43.7 Å². The van der Waals surface area contributed by atoms with Gasteiger partial charge in [0, 0.05) is 18.8 Å². The first-order valence-corrected chi connectivity index (χ1v) is 12.4. The van der Waals surface area contributed by atoms with Gasteiger partial charge in [0.05, 0.1) is 19.4 Å². The first-order valence-electron chi connectivity index (χ1n) is 12.4. The summed E-state index contributed by atoms with van der Waals surface area (Å²) in [7, 11) is 1.64. The standard InChI is InChI=1S/C29H35N3O3/c1-22-25(14-10-15-27(22)35-3)26(23(2)33)13-8-5-9-18-31-19-16-29(17-20-31)28(34)30-21-32(29)24-11-6-4-7-12-24/h4,6-8,10-12,14-15H,5,9,16-21H2,1-3H3,(H,30,34). The number of allylic oxidation sites excluding steroid dienone is 1. The predicted octanol–water partition coefficient (Wildman–Crippen LogP) is 4.34. The normalized spacial score (nSPS) is 17.1. The Hall–Kier alpha value is -3.34. The van der Waals surface area contributed by atoms with Gasteiger partial charge in [-0.2, -0.15) is 0 Å². The molecule has 2 aliphatic heterocycles. The molecule has 35 heavy (non-hydrogen) atoms. The number of hydrogen-bond acceptors (Lipinski definition) is 5. The lowest BCUT2D eigenvalue weighted by atomic mass is 9.85. The van der Waals surface area contributed by atoms with Gasteiger partial charge in [0.15, 0.2) is 5.78 Å². The van der Waals surface area contributed by atoms with E-state index in [2.05, 4.69) is 33.0 Å². The van der Waals surface area contributed by atoms with Gasteiger partial charge < -0.3 is 19.9 Å². The lowest BCUT2D eigenvalue weighted by Crippen LogP contribution is -2.56. The van der Waals surface area contributed by atoms with Gasteiger partial charge in [0.1, 0.15) is 11.3 Å². The zero-order chi connectivity index (χ0) is 24.8. The van der Waals surface area contributed by atoms with E-state index < -0.39 is 5.54 Å². The second kappa shape index (κ2) is 10.9. The molecule has 184 valence electrons. The molecular weight excluding hydrogens is 438 g/mol. The van der Waals surface area contributed by atoms with Crippen LogP contribution in [0.3, 0.4) is 0 Å². The highest BCUT2D eigenvalue weighted by Crippen LogP contribution is 2.36. The van der Waals surface area contributed by atoms with Gasteiger partial charge >= 0.3 is 0 Å². The fraction of sp³-hybridized carbons (Fsp3) is 0.414. The zero-order valence-corrected chi connectivity index (χ0v) is 21.0. The number of rotatable bonds is 8. The Labute approximate surface area is 208 Å². The average molecular weight is 474 g/mol. The van der Waals surface area contributed by atoms with Gasteiger partial charge in [0.2, 0.25) is 5.91 Å². The van der Waals surface area contributed by atoms with Crippen LogP contribution in [0.4, 0.5) is 5.69 Å². The molecule has 0 unspecified atom stereocenters. The van der Waals surface area contributed by atoms with Gasteiger partial charge in [0.25, 0.3) is 0 Å². The van der Waals surface area contributed by atoms with Gasteiger partial charge in [-0.1, -0.05) is 30.3 Å². The monoisotopic (exact) mass is 473 g/mol. The third-order valence-corrected chi connectivity index (χ3v) is 7.28. The molecule has 0 saturated carbocycles. The molecule has 0 aromatic heterocycles. The van der Waals surface area contributed by atoms with E-state index in [4.69, 9.17) is 4.74 Å². The van der Waals surface area contributed by atoms with E-state index in [1.54, 1.807) is 14.0 Å². The van der Waals surface area contributed by atoms with Crippen molar-refractivity contribution in [3.8, 4) is 5.75 Å². The smallest absolute Gasteiger partial charge is 0.247 e. The summed E-state index contributed by atoms with van der Waals surface area (Å²) in [5, 5.41) is 3.07. The number of methoxy groups -OCH3 is 1. The number of ketones is 1. The molecule has 2 saturated heterocycles. The van der Waals surface area contributed by atoms with Crippen molar-refractivity contribution in [2.45, 2.75) is 45.1 Å². The number of nitrogens with one attached hydrogen (secondary N) is 1. The zero-order valence-electron chi connectivity index (χ0n) is 21.0. The maximum Gasteiger partial charge on any atom is 0.247 e. The van der Waals surface area contributed by atoms with E-state index in [9.17, 15) is 9.59 Å². The van der Waals surface area contributed by atoms with Gasteiger partial charge in [-0.05, 0) is 81.5 Å². The molecule has 2 aromatic carbocycles. The molecule has 6 nitrogen and oxygen atoms in total. The van der Waals surface area contributed by atoms with E-state index in [1.165, 1.54) is 0 Å². The maximum absolute atomic E-state index is 12.8. The SMILES string of the molecule is COc1cccc(C(=C=CCCCN2CCC3(CC2)C(=O)NCN3c2ccccc2)C(C)=O)c1C. The van der Waals surface area contributed by atoms with Crippen molar-refractivity contribution in [1.82, 2.24) is 10.2 Å². The Bertz CT molecular complexity index is 1130. The lowest BCUT2D eigenvalue weighted by Gasteiger charge is -2.43. The van der Waals surface area contributed by atoms with Crippen LogP contribution in [0, 0.1) is 6.92 Å². The fourth-order valence-electron chi connectivity index (χ4n) is 5.25. The number of hydrogen-bond donors (Lipinski definition) is 1. The molecule has 1 amide bonds. The number of carbonyl (C=O) groups is 2. The van der Waals surface area contributed by atoms with Crippen molar-refractivity contribution in [3.63, 3.8) is 0 Å². The van der Waals surface area contributed by atoms with Gasteiger partial charge in [-0.15, -0.1) is 5.73 Å². The van der Waals surface area contributed by atoms with Crippen LogP contribution in [0.2, 0.25) is 0 Å². The molecule has 2 aromatic rings. The third kappa shape index (κ3) is 5.19. The van der Waals surface area contributed by atoms with Crippen molar-refractivity contribution in [2.24, 2.45) is 0 Å². The summed E-state index contributed by atoms with van der Waals surface area (Å²) in [5.74, 6) is 0.920. The summed E-state index contributed by atoms with van der Waals surface area (Å²) in [6.07, 6.45) is 5.46. The van der Waals surface area contributed by atoms with Gasteiger partial charge in [-0.25, -0.2) is 0 Å². The van der Waals surface area contributed by atoms with E-state index in [0.29, 0.717) is 12.2 Å². The van der Waals surface area contributed by atoms with Crippen LogP contribution in [0.15, 0.2) is 60.3 Å². The summed E-state index contributed by atoms with van der Waals surface area (Å²) in [4.78, 5) is 29.8. The molecule has 1 N–H and O–H groups in total. The number of nitrogens with zero attached hydrogens (tertiary/aromatic N) is 2. The maximum atomic E-state index is 12.8. The first-order chi connectivity index (χ1) is 17.0. The van der Waals surface area contributed by atoms with Crippen LogP contribution >= 0.6 is 0 Å². The van der Waals surface area contributed by atoms with Crippen LogP contribution in [-0.4, -0.2) is 55.5 Å². The van der Waals surface area contributed by atoms with Gasteiger partial charge in [-0.3, -0.25) is 9.59 Å². The summed E-state index contributed by atoms with van der Waals surface area (Å²) < 4.78 is 5.40. The predicted molar refractivity (Wildman–Crippen MR) is 139 cm³/mol. The summed E-state index contributed by atoms with van der Waals surface area (Å²) in [6, 6.07) is 16.0. The topological polar surface area (TPSA) is 61.9 Å². The molecule has 6 heteroatoms. The summed E-state index contributed by atoms with van der Waals surface area (Å²) in [5.41, 5.74) is 6.31. The Morgan fingerprint density at radius 3 is 2.57 bits per heavy atom. The molecule has 0 bridgehead atoms. The van der Waals surface area contributed by atoms with Crippen LogP contribution in [0.25, 0.3) is 5.57 Å². The molecule has 0 aliphatic carbocycles. The largest absolute Gasteiger partial charge is 0.496 e. The minimum absolute atomic E-state index is 0.00302. The van der Waals surface area contributed by atoms with Crippen molar-refractivity contribution in [2.75, 3.05) is 38.3 Å². The molecule has 0 atom stereocenters. The molecule has 0 radical (unpaired) electrons. The molecule has 1 spiro atoms. The number of amides is 1. The van der Waals surface area contributed by atoms with Crippen LogP contribution in [-0.2, 0) is 9.59 Å². The number of piperidine rings is 1. The van der Waals surface area contributed by atoms with E-state index in [0.717, 1.165) is 67.9 Å². The number of ether oxygens (including phenoxy) is 1. The quantitative estimate of drug-likeness (QED) is 0.351. The Balaban J connectivity index is 1.34. The lowest BCUT2D eigenvalue weighted by molar-refractivity contribution is -0.125. The number of carbonyl (C=O) groups excluding carboxylic acids is 2. The number of anilines is 1. The number of para-hydroxylation sites is 1. The minimum atomic E-state index is -0.439. The molecular formula is C29H35N3O3. The number of unbranched alkanes of at least 4 members (excludes halogenated alkanes) is 1. The van der Waals surface area contributed by atoms with Crippen molar-refractivity contribution in [1.29, 1.82) is 0 Å². The highest BCUT2D eigenvalue weighted by atomic mass is 16.5. The molecule has 2 fully saturated rings. The number of benzene rings is 2. The minimum Gasteiger partial charge on any atom is -0.496 e.